The molecule has 19 heavy (non-hydrogen) atoms. The number of nitrogens with zero attached hydrogens (tertiary/aromatic N) is 1. The van der Waals surface area contributed by atoms with Gasteiger partial charge in [-0.15, -0.1) is 0 Å². The summed E-state index contributed by atoms with van der Waals surface area (Å²) in [5, 5.41) is 8.79. The Hall–Kier alpha value is -1.58. The molecule has 0 saturated heterocycles. The third kappa shape index (κ3) is 2.72. The second-order valence-corrected chi connectivity index (χ2v) is 5.20. The summed E-state index contributed by atoms with van der Waals surface area (Å²) in [5.41, 5.74) is 6.41. The van der Waals surface area contributed by atoms with Crippen LogP contribution in [0.5, 0.6) is 11.5 Å². The average molecular weight is 386 g/mol. The molecule has 0 aliphatic rings. The van der Waals surface area contributed by atoms with E-state index in [-0.39, 0.29) is 15.8 Å². The van der Waals surface area contributed by atoms with Crippen molar-refractivity contribution in [2.75, 3.05) is 5.73 Å². The van der Waals surface area contributed by atoms with Gasteiger partial charge in [0.15, 0.2) is 11.6 Å². The number of anilines is 1. The summed E-state index contributed by atoms with van der Waals surface area (Å²) < 4.78 is 20.1. The Labute approximate surface area is 126 Å². The highest BCUT2D eigenvalue weighted by Gasteiger charge is 2.14. The lowest BCUT2D eigenvalue weighted by Gasteiger charge is -2.11. The molecule has 2 aromatic rings. The Bertz CT molecular complexity index is 683. The molecule has 0 unspecified atom stereocenters. The van der Waals surface area contributed by atoms with E-state index >= 15 is 0 Å². The molecule has 2 aromatic carbocycles. The van der Waals surface area contributed by atoms with E-state index in [1.807, 2.05) is 6.07 Å². The molecule has 2 N–H and O–H groups in total. The van der Waals surface area contributed by atoms with Gasteiger partial charge in [-0.2, -0.15) is 5.26 Å². The highest BCUT2D eigenvalue weighted by atomic mass is 79.9. The van der Waals surface area contributed by atoms with Crippen molar-refractivity contribution in [3.8, 4) is 17.6 Å². The Balaban J connectivity index is 2.43. The molecule has 0 aliphatic heterocycles. The second-order valence-electron chi connectivity index (χ2n) is 3.61. The van der Waals surface area contributed by atoms with Crippen molar-refractivity contribution in [2.24, 2.45) is 0 Å². The second kappa shape index (κ2) is 5.59. The van der Waals surface area contributed by atoms with Crippen molar-refractivity contribution < 1.29 is 9.13 Å². The number of hydrogen-bond acceptors (Lipinski definition) is 3. The molecule has 0 bridgehead atoms. The van der Waals surface area contributed by atoms with Crippen molar-refractivity contribution in [3.05, 3.63) is 50.7 Å². The first-order valence-electron chi connectivity index (χ1n) is 5.14. The molecular weight excluding hydrogens is 379 g/mol. The van der Waals surface area contributed by atoms with E-state index in [4.69, 9.17) is 15.7 Å². The third-order valence-corrected chi connectivity index (χ3v) is 4.00. The number of nitrogens with two attached hydrogens (primary N) is 1. The molecule has 3 nitrogen and oxygen atoms in total. The molecule has 0 fully saturated rings. The average Bonchev–Trinajstić information content (AvgIpc) is 2.40. The van der Waals surface area contributed by atoms with Crippen molar-refractivity contribution in [1.82, 2.24) is 0 Å². The third-order valence-electron chi connectivity index (χ3n) is 2.38. The van der Waals surface area contributed by atoms with E-state index in [1.165, 1.54) is 12.1 Å². The SMILES string of the molecule is N#Cc1ccc(Oc2cccc(N)c2Br)c(F)c1Br. The van der Waals surface area contributed by atoms with Crippen LogP contribution >= 0.6 is 31.9 Å². The van der Waals surface area contributed by atoms with Gasteiger partial charge in [0.1, 0.15) is 11.8 Å². The molecule has 96 valence electrons. The maximum Gasteiger partial charge on any atom is 0.181 e. The Morgan fingerprint density at radius 3 is 2.53 bits per heavy atom. The van der Waals surface area contributed by atoms with Crippen LogP contribution in [-0.2, 0) is 0 Å². The number of rotatable bonds is 2. The van der Waals surface area contributed by atoms with Crippen molar-refractivity contribution >= 4 is 37.5 Å². The molecule has 0 atom stereocenters. The van der Waals surface area contributed by atoms with Crippen LogP contribution in [0, 0.1) is 17.1 Å². The molecule has 0 saturated carbocycles. The number of benzene rings is 2. The van der Waals surface area contributed by atoms with E-state index in [1.54, 1.807) is 18.2 Å². The van der Waals surface area contributed by atoms with Gasteiger partial charge < -0.3 is 10.5 Å². The first-order chi connectivity index (χ1) is 9.04. The topological polar surface area (TPSA) is 59.0 Å². The standard InChI is InChI=1S/C13H7Br2FN2O/c14-11-7(6-17)4-5-10(13(11)16)19-9-3-1-2-8(18)12(9)15/h1-5H,18H2. The van der Waals surface area contributed by atoms with Crippen molar-refractivity contribution in [3.63, 3.8) is 0 Å². The van der Waals surface area contributed by atoms with Crippen molar-refractivity contribution in [1.29, 1.82) is 5.26 Å². The van der Waals surface area contributed by atoms with Crippen LogP contribution in [0.15, 0.2) is 39.3 Å². The van der Waals surface area contributed by atoms with Crippen LogP contribution in [0.1, 0.15) is 5.56 Å². The van der Waals surface area contributed by atoms with Gasteiger partial charge >= 0.3 is 0 Å². The molecule has 0 heterocycles. The van der Waals surface area contributed by atoms with E-state index in [2.05, 4.69) is 31.9 Å². The molecular formula is C13H7Br2FN2O. The quantitative estimate of drug-likeness (QED) is 0.768. The van der Waals surface area contributed by atoms with Gasteiger partial charge in [-0.3, -0.25) is 0 Å². The maximum absolute atomic E-state index is 14.0. The number of hydrogen-bond donors (Lipinski definition) is 1. The monoisotopic (exact) mass is 384 g/mol. The van der Waals surface area contributed by atoms with E-state index in [0.29, 0.717) is 15.9 Å². The van der Waals surface area contributed by atoms with Crippen LogP contribution in [0.4, 0.5) is 10.1 Å². The number of nitrogen functional groups attached to an aromatic ring is 1. The van der Waals surface area contributed by atoms with Gasteiger partial charge in [0.2, 0.25) is 0 Å². The van der Waals surface area contributed by atoms with Crippen LogP contribution in [0.2, 0.25) is 0 Å². The zero-order chi connectivity index (χ0) is 14.0. The predicted octanol–water partition coefficient (Wildman–Crippen LogP) is 4.60. The van der Waals surface area contributed by atoms with E-state index < -0.39 is 5.82 Å². The summed E-state index contributed by atoms with van der Waals surface area (Å²) in [6.45, 7) is 0. The number of halogens is 3. The lowest BCUT2D eigenvalue weighted by Crippen LogP contribution is -1.94. The normalized spacial score (nSPS) is 10.0. The fraction of sp³-hybridized carbons (Fsp3) is 0. The van der Waals surface area contributed by atoms with Gasteiger partial charge in [-0.25, -0.2) is 4.39 Å². The maximum atomic E-state index is 14.0. The Morgan fingerprint density at radius 1 is 1.11 bits per heavy atom. The zero-order valence-corrected chi connectivity index (χ0v) is 12.6. The van der Waals surface area contributed by atoms with Gasteiger partial charge in [0.25, 0.3) is 0 Å². The number of nitriles is 1. The van der Waals surface area contributed by atoms with Gasteiger partial charge in [0.05, 0.1) is 14.5 Å². The molecule has 6 heteroatoms. The van der Waals surface area contributed by atoms with Crippen LogP contribution in [0.25, 0.3) is 0 Å². The van der Waals surface area contributed by atoms with Crippen molar-refractivity contribution in [2.45, 2.75) is 0 Å². The first-order valence-corrected chi connectivity index (χ1v) is 6.73. The Morgan fingerprint density at radius 2 is 1.84 bits per heavy atom. The van der Waals surface area contributed by atoms with Gasteiger partial charge in [0, 0.05) is 5.69 Å². The van der Waals surface area contributed by atoms with E-state index in [9.17, 15) is 4.39 Å². The molecule has 0 spiro atoms. The van der Waals surface area contributed by atoms with Gasteiger partial charge in [-0.1, -0.05) is 6.07 Å². The lowest BCUT2D eigenvalue weighted by atomic mass is 10.2. The minimum Gasteiger partial charge on any atom is -0.453 e. The zero-order valence-electron chi connectivity index (χ0n) is 9.45. The summed E-state index contributed by atoms with van der Waals surface area (Å²) in [5.74, 6) is -0.221. The largest absolute Gasteiger partial charge is 0.453 e. The number of ether oxygens (including phenoxy) is 1. The summed E-state index contributed by atoms with van der Waals surface area (Å²) in [6, 6.07) is 9.80. The molecule has 0 aliphatic carbocycles. The minimum atomic E-state index is -0.631. The first kappa shape index (κ1) is 13.8. The van der Waals surface area contributed by atoms with Gasteiger partial charge in [-0.05, 0) is 56.1 Å². The highest BCUT2D eigenvalue weighted by Crippen LogP contribution is 2.36. The van der Waals surface area contributed by atoms with Crippen LogP contribution in [0.3, 0.4) is 0 Å². The predicted molar refractivity (Wildman–Crippen MR) is 77.4 cm³/mol. The van der Waals surface area contributed by atoms with E-state index in [0.717, 1.165) is 0 Å². The fourth-order valence-corrected chi connectivity index (χ4v) is 2.18. The van der Waals surface area contributed by atoms with Crippen LogP contribution < -0.4 is 10.5 Å². The molecule has 0 aromatic heterocycles. The highest BCUT2D eigenvalue weighted by molar-refractivity contribution is 9.11. The minimum absolute atomic E-state index is 0.0113. The summed E-state index contributed by atoms with van der Waals surface area (Å²) >= 11 is 6.30. The molecule has 2 rings (SSSR count). The summed E-state index contributed by atoms with van der Waals surface area (Å²) in [6.07, 6.45) is 0. The smallest absolute Gasteiger partial charge is 0.181 e. The summed E-state index contributed by atoms with van der Waals surface area (Å²) in [4.78, 5) is 0. The summed E-state index contributed by atoms with van der Waals surface area (Å²) in [7, 11) is 0. The fourth-order valence-electron chi connectivity index (χ4n) is 1.42. The lowest BCUT2D eigenvalue weighted by molar-refractivity contribution is 0.438. The Kier molecular flexibility index (Phi) is 4.08. The van der Waals surface area contributed by atoms with Crippen LogP contribution in [-0.4, -0.2) is 0 Å². The molecule has 0 amide bonds. The molecule has 0 radical (unpaired) electrons.